The van der Waals surface area contributed by atoms with E-state index in [-0.39, 0.29) is 5.56 Å². The SMILES string of the molecule is CCc1ccc(/C=c2/sc3nc(/C=C/c4ccc(C)cc4)nn3c2=O)cc1. The minimum absolute atomic E-state index is 0.128. The van der Waals surface area contributed by atoms with Crippen LogP contribution < -0.4 is 10.1 Å². The van der Waals surface area contributed by atoms with Gasteiger partial charge in [-0.2, -0.15) is 9.50 Å². The lowest BCUT2D eigenvalue weighted by Gasteiger charge is -1.96. The molecule has 5 heteroatoms. The Morgan fingerprint density at radius 3 is 2.37 bits per heavy atom. The van der Waals surface area contributed by atoms with Crippen LogP contribution in [0.3, 0.4) is 0 Å². The maximum atomic E-state index is 12.6. The molecule has 0 spiro atoms. The molecule has 27 heavy (non-hydrogen) atoms. The van der Waals surface area contributed by atoms with Crippen molar-refractivity contribution in [3.05, 3.63) is 91.5 Å². The predicted octanol–water partition coefficient (Wildman–Crippen LogP) is 3.74. The number of thiazole rings is 1. The summed E-state index contributed by atoms with van der Waals surface area (Å²) >= 11 is 1.36. The monoisotopic (exact) mass is 373 g/mol. The summed E-state index contributed by atoms with van der Waals surface area (Å²) in [4.78, 5) is 17.7. The molecule has 0 atom stereocenters. The summed E-state index contributed by atoms with van der Waals surface area (Å²) in [5.74, 6) is 0.540. The van der Waals surface area contributed by atoms with Crippen LogP contribution in [0.15, 0.2) is 53.3 Å². The van der Waals surface area contributed by atoms with Gasteiger partial charge >= 0.3 is 0 Å². The van der Waals surface area contributed by atoms with Gasteiger partial charge in [-0.05, 0) is 42.2 Å². The maximum Gasteiger partial charge on any atom is 0.291 e. The van der Waals surface area contributed by atoms with Gasteiger partial charge in [-0.1, -0.05) is 78.4 Å². The van der Waals surface area contributed by atoms with E-state index >= 15 is 0 Å². The molecule has 0 amide bonds. The average Bonchev–Trinajstić information content (AvgIpc) is 3.21. The first-order valence-electron chi connectivity index (χ1n) is 8.87. The van der Waals surface area contributed by atoms with E-state index in [2.05, 4.69) is 48.2 Å². The van der Waals surface area contributed by atoms with Gasteiger partial charge in [0.25, 0.3) is 5.56 Å². The first kappa shape index (κ1) is 17.4. The number of aryl methyl sites for hydroxylation is 2. The Morgan fingerprint density at radius 1 is 1.00 bits per heavy atom. The largest absolute Gasteiger partial charge is 0.291 e. The van der Waals surface area contributed by atoms with Crippen LogP contribution in [0.25, 0.3) is 23.2 Å². The molecule has 4 aromatic rings. The summed E-state index contributed by atoms with van der Waals surface area (Å²) in [6.07, 6.45) is 6.68. The van der Waals surface area contributed by atoms with Crippen molar-refractivity contribution in [2.45, 2.75) is 20.3 Å². The van der Waals surface area contributed by atoms with Gasteiger partial charge in [0.15, 0.2) is 5.82 Å². The van der Waals surface area contributed by atoms with Crippen molar-refractivity contribution in [1.82, 2.24) is 14.6 Å². The minimum Gasteiger partial charge on any atom is -0.266 e. The molecule has 0 N–H and O–H groups in total. The Balaban J connectivity index is 1.64. The van der Waals surface area contributed by atoms with Crippen molar-refractivity contribution < 1.29 is 0 Å². The van der Waals surface area contributed by atoms with E-state index in [1.54, 1.807) is 0 Å². The van der Waals surface area contributed by atoms with E-state index in [9.17, 15) is 4.79 Å². The predicted molar refractivity (Wildman–Crippen MR) is 112 cm³/mol. The first-order valence-corrected chi connectivity index (χ1v) is 9.69. The molecule has 4 nitrogen and oxygen atoms in total. The van der Waals surface area contributed by atoms with Crippen LogP contribution in [-0.4, -0.2) is 14.6 Å². The fraction of sp³-hybridized carbons (Fsp3) is 0.136. The Labute approximate surface area is 161 Å². The quantitative estimate of drug-likeness (QED) is 0.547. The number of fused-ring (bicyclic) bond motifs is 1. The normalized spacial score (nSPS) is 12.4. The number of benzene rings is 2. The second kappa shape index (κ2) is 7.29. The van der Waals surface area contributed by atoms with E-state index in [0.29, 0.717) is 15.3 Å². The van der Waals surface area contributed by atoms with Crippen LogP contribution in [0.4, 0.5) is 0 Å². The molecule has 134 valence electrons. The van der Waals surface area contributed by atoms with E-state index in [4.69, 9.17) is 0 Å². The number of rotatable bonds is 4. The van der Waals surface area contributed by atoms with Gasteiger partial charge in [0.05, 0.1) is 4.53 Å². The van der Waals surface area contributed by atoms with Crippen molar-refractivity contribution in [2.75, 3.05) is 0 Å². The Kier molecular flexibility index (Phi) is 4.69. The summed E-state index contributed by atoms with van der Waals surface area (Å²) in [6.45, 7) is 4.18. The first-order chi connectivity index (χ1) is 13.1. The number of aromatic nitrogens is 3. The third-order valence-electron chi connectivity index (χ3n) is 4.39. The second-order valence-corrected chi connectivity index (χ2v) is 7.43. The van der Waals surface area contributed by atoms with Crippen LogP contribution in [0, 0.1) is 6.92 Å². The van der Waals surface area contributed by atoms with E-state index in [1.165, 1.54) is 27.0 Å². The molecule has 0 saturated heterocycles. The molecular formula is C22H19N3OS. The van der Waals surface area contributed by atoms with E-state index in [0.717, 1.165) is 17.5 Å². The lowest BCUT2D eigenvalue weighted by atomic mass is 10.1. The summed E-state index contributed by atoms with van der Waals surface area (Å²) in [5, 5.41) is 4.33. The Hall–Kier alpha value is -3.05. The zero-order valence-electron chi connectivity index (χ0n) is 15.2. The van der Waals surface area contributed by atoms with Gasteiger partial charge in [-0.25, -0.2) is 0 Å². The zero-order valence-corrected chi connectivity index (χ0v) is 16.0. The lowest BCUT2D eigenvalue weighted by molar-refractivity contribution is 0.925. The third kappa shape index (κ3) is 3.73. The average molecular weight is 373 g/mol. The Morgan fingerprint density at radius 2 is 1.70 bits per heavy atom. The van der Waals surface area contributed by atoms with E-state index in [1.807, 2.05) is 42.5 Å². The molecule has 0 radical (unpaired) electrons. The second-order valence-electron chi connectivity index (χ2n) is 6.42. The van der Waals surface area contributed by atoms with Gasteiger partial charge in [0.1, 0.15) is 0 Å². The van der Waals surface area contributed by atoms with Crippen molar-refractivity contribution >= 4 is 34.5 Å². The number of hydrogen-bond donors (Lipinski definition) is 0. The van der Waals surface area contributed by atoms with Crippen molar-refractivity contribution in [2.24, 2.45) is 0 Å². The molecular weight excluding hydrogens is 354 g/mol. The summed E-state index contributed by atoms with van der Waals surface area (Å²) in [6, 6.07) is 16.4. The summed E-state index contributed by atoms with van der Waals surface area (Å²) < 4.78 is 2.02. The molecule has 2 aromatic carbocycles. The van der Waals surface area contributed by atoms with Gasteiger partial charge in [0, 0.05) is 0 Å². The van der Waals surface area contributed by atoms with Crippen LogP contribution in [0.2, 0.25) is 0 Å². The van der Waals surface area contributed by atoms with Crippen LogP contribution in [-0.2, 0) is 6.42 Å². The van der Waals surface area contributed by atoms with Gasteiger partial charge in [0.2, 0.25) is 4.96 Å². The molecule has 0 saturated carbocycles. The highest BCUT2D eigenvalue weighted by atomic mass is 32.1. The van der Waals surface area contributed by atoms with Crippen LogP contribution in [0.1, 0.15) is 35.0 Å². The summed E-state index contributed by atoms with van der Waals surface area (Å²) in [7, 11) is 0. The van der Waals surface area contributed by atoms with Gasteiger partial charge in [-0.15, -0.1) is 5.10 Å². The summed E-state index contributed by atoms with van der Waals surface area (Å²) in [5.41, 5.74) is 4.45. The smallest absolute Gasteiger partial charge is 0.266 e. The standard InChI is InChI=1S/C22H19N3OS/c1-3-16-8-10-18(11-9-16)14-19-21(26)25-22(27-19)23-20(24-25)13-12-17-6-4-15(2)5-7-17/h4-14H,3H2,1-2H3/b13-12+,19-14+. The van der Waals surface area contributed by atoms with Crippen LogP contribution in [0.5, 0.6) is 0 Å². The zero-order chi connectivity index (χ0) is 18.8. The molecule has 2 heterocycles. The Bertz CT molecular complexity index is 1220. The maximum absolute atomic E-state index is 12.6. The minimum atomic E-state index is -0.128. The molecule has 0 aliphatic carbocycles. The van der Waals surface area contributed by atoms with Crippen molar-refractivity contribution in [3.8, 4) is 0 Å². The molecule has 0 aliphatic rings. The highest BCUT2D eigenvalue weighted by molar-refractivity contribution is 7.15. The molecule has 0 fully saturated rings. The van der Waals surface area contributed by atoms with Crippen LogP contribution >= 0.6 is 11.3 Å². The molecule has 4 rings (SSSR count). The number of nitrogens with zero attached hydrogens (tertiary/aromatic N) is 3. The fourth-order valence-corrected chi connectivity index (χ4v) is 3.68. The van der Waals surface area contributed by atoms with E-state index < -0.39 is 0 Å². The molecule has 0 aliphatic heterocycles. The highest BCUT2D eigenvalue weighted by Gasteiger charge is 2.08. The highest BCUT2D eigenvalue weighted by Crippen LogP contribution is 2.10. The van der Waals surface area contributed by atoms with Crippen molar-refractivity contribution in [3.63, 3.8) is 0 Å². The number of hydrogen-bond acceptors (Lipinski definition) is 4. The topological polar surface area (TPSA) is 47.3 Å². The van der Waals surface area contributed by atoms with Gasteiger partial charge < -0.3 is 0 Å². The van der Waals surface area contributed by atoms with Crippen molar-refractivity contribution in [1.29, 1.82) is 0 Å². The molecule has 0 unspecified atom stereocenters. The third-order valence-corrected chi connectivity index (χ3v) is 5.35. The fourth-order valence-electron chi connectivity index (χ4n) is 2.77. The van der Waals surface area contributed by atoms with Gasteiger partial charge in [-0.3, -0.25) is 4.79 Å². The lowest BCUT2D eigenvalue weighted by Crippen LogP contribution is -2.23. The molecule has 2 aromatic heterocycles. The molecule has 0 bridgehead atoms.